The Labute approximate surface area is 160 Å². The molecule has 0 saturated carbocycles. The first-order valence-corrected chi connectivity index (χ1v) is 11.8. The minimum atomic E-state index is -2.22. The summed E-state index contributed by atoms with van der Waals surface area (Å²) in [4.78, 5) is 26.5. The number of ether oxygens (including phenoxy) is 1. The van der Waals surface area contributed by atoms with Crippen LogP contribution in [-0.2, 0) is 14.0 Å². The summed E-state index contributed by atoms with van der Waals surface area (Å²) in [6.07, 6.45) is 2.51. The molecule has 1 heterocycles. The number of likely N-dealkylation sites (tertiary alicyclic amines) is 1. The van der Waals surface area contributed by atoms with Gasteiger partial charge in [-0.25, -0.2) is 9.69 Å². The summed E-state index contributed by atoms with van der Waals surface area (Å²) in [7, 11) is -2.22. The van der Waals surface area contributed by atoms with Gasteiger partial charge in [-0.1, -0.05) is 53.7 Å². The fourth-order valence-corrected chi connectivity index (χ4v) is 9.64. The van der Waals surface area contributed by atoms with Crippen LogP contribution < -0.4 is 0 Å². The number of carbonyl (C=O) groups excluding carboxylic acids is 2. The van der Waals surface area contributed by atoms with Crippen molar-refractivity contribution in [1.29, 1.82) is 0 Å². The third-order valence-corrected chi connectivity index (χ3v) is 11.2. The maximum absolute atomic E-state index is 12.8. The predicted octanol–water partition coefficient (Wildman–Crippen LogP) is 5.27. The lowest BCUT2D eigenvalue weighted by atomic mass is 9.98. The Balaban J connectivity index is 3.13. The number of hydrogen-bond acceptors (Lipinski definition) is 4. The van der Waals surface area contributed by atoms with E-state index in [1.54, 1.807) is 20.8 Å². The van der Waals surface area contributed by atoms with Crippen molar-refractivity contribution in [3.05, 3.63) is 12.2 Å². The van der Waals surface area contributed by atoms with Crippen molar-refractivity contribution in [2.24, 2.45) is 0 Å². The zero-order valence-corrected chi connectivity index (χ0v) is 19.1. The van der Waals surface area contributed by atoms with E-state index in [0.717, 1.165) is 0 Å². The van der Waals surface area contributed by atoms with Gasteiger partial charge in [-0.05, 0) is 44.3 Å². The third-order valence-electron chi connectivity index (χ3n) is 5.11. The summed E-state index contributed by atoms with van der Waals surface area (Å²) in [5.41, 5.74) is 0.474. The summed E-state index contributed by atoms with van der Waals surface area (Å²) in [6, 6.07) is -0.398. The zero-order valence-electron chi connectivity index (χ0n) is 18.1. The highest BCUT2D eigenvalue weighted by atomic mass is 28.4. The number of imide groups is 1. The van der Waals surface area contributed by atoms with Crippen LogP contribution in [0.2, 0.25) is 16.6 Å². The first kappa shape index (κ1) is 22.9. The highest BCUT2D eigenvalue weighted by molar-refractivity contribution is 6.77. The topological polar surface area (TPSA) is 55.8 Å². The molecule has 1 saturated heterocycles. The Morgan fingerprint density at radius 2 is 1.54 bits per heavy atom. The number of amides is 2. The average Bonchev–Trinajstić information content (AvgIpc) is 2.44. The number of nitrogens with zero attached hydrogens (tertiary/aromatic N) is 1. The van der Waals surface area contributed by atoms with Crippen LogP contribution in [0, 0.1) is 0 Å². The lowest BCUT2D eigenvalue weighted by molar-refractivity contribution is -0.158. The van der Waals surface area contributed by atoms with Crippen molar-refractivity contribution < 1.29 is 18.8 Å². The Bertz CT molecular complexity index is 527. The first-order chi connectivity index (χ1) is 11.8. The lowest BCUT2D eigenvalue weighted by Gasteiger charge is -2.51. The van der Waals surface area contributed by atoms with Gasteiger partial charge in [-0.15, -0.1) is 0 Å². The van der Waals surface area contributed by atoms with Gasteiger partial charge in [0, 0.05) is 0 Å². The molecule has 2 atom stereocenters. The molecule has 0 aromatic heterocycles. The van der Waals surface area contributed by atoms with Crippen LogP contribution >= 0.6 is 0 Å². The van der Waals surface area contributed by atoms with E-state index in [-0.39, 0.29) is 5.91 Å². The second-order valence-electron chi connectivity index (χ2n) is 9.06. The van der Waals surface area contributed by atoms with E-state index in [1.165, 1.54) is 4.90 Å². The largest absolute Gasteiger partial charge is 0.443 e. The molecule has 0 radical (unpaired) electrons. The van der Waals surface area contributed by atoms with Gasteiger partial charge in [0.05, 0.1) is 6.04 Å². The average molecular weight is 384 g/mol. The third kappa shape index (κ3) is 4.39. The minimum absolute atomic E-state index is 0.291. The van der Waals surface area contributed by atoms with Gasteiger partial charge in [-0.2, -0.15) is 0 Å². The Hall–Kier alpha value is -1.14. The van der Waals surface area contributed by atoms with Crippen LogP contribution in [0.4, 0.5) is 4.79 Å². The SMILES string of the molecule is C/C=C/[C@H]1[C@@H](O[Si](C(C)C)(C(C)C)C(C)C)C(=O)N1C(=O)OC(C)(C)C. The molecule has 1 fully saturated rings. The molecule has 0 aromatic carbocycles. The number of carbonyl (C=O) groups is 2. The first-order valence-electron chi connectivity index (χ1n) is 9.66. The van der Waals surface area contributed by atoms with Gasteiger partial charge < -0.3 is 9.16 Å². The summed E-state index contributed by atoms with van der Waals surface area (Å²) >= 11 is 0. The molecule has 0 spiro atoms. The van der Waals surface area contributed by atoms with Crippen molar-refractivity contribution in [2.75, 3.05) is 0 Å². The Kier molecular flexibility index (Phi) is 7.27. The fourth-order valence-electron chi connectivity index (χ4n) is 4.14. The molecule has 1 aliphatic heterocycles. The van der Waals surface area contributed by atoms with Gasteiger partial charge in [-0.3, -0.25) is 4.79 Å². The van der Waals surface area contributed by atoms with E-state index in [9.17, 15) is 9.59 Å². The highest BCUT2D eigenvalue weighted by Crippen LogP contribution is 2.45. The maximum Gasteiger partial charge on any atom is 0.417 e. The molecule has 150 valence electrons. The molecule has 0 aliphatic carbocycles. The molecule has 5 nitrogen and oxygen atoms in total. The van der Waals surface area contributed by atoms with Crippen LogP contribution in [-0.4, -0.2) is 43.0 Å². The molecule has 1 aliphatic rings. The van der Waals surface area contributed by atoms with E-state index in [2.05, 4.69) is 41.5 Å². The minimum Gasteiger partial charge on any atom is -0.443 e. The second-order valence-corrected chi connectivity index (χ2v) is 14.5. The van der Waals surface area contributed by atoms with E-state index in [1.807, 2.05) is 19.1 Å². The Morgan fingerprint density at radius 3 is 1.88 bits per heavy atom. The molecule has 0 unspecified atom stereocenters. The quantitative estimate of drug-likeness (QED) is 0.356. The standard InChI is InChI=1S/C20H37NO4Si/c1-11-12-16-17(18(22)21(16)19(23)24-20(8,9)10)25-26(13(2)3,14(4)5)15(6)7/h11-17H,1-10H3/b12-11+/t16-,17+/m0/s1. The van der Waals surface area contributed by atoms with E-state index in [0.29, 0.717) is 16.6 Å². The molecule has 0 aromatic rings. The highest BCUT2D eigenvalue weighted by Gasteiger charge is 2.57. The normalized spacial score (nSPS) is 21.9. The summed E-state index contributed by atoms with van der Waals surface area (Å²) < 4.78 is 12.0. The van der Waals surface area contributed by atoms with Crippen LogP contribution in [0.15, 0.2) is 12.2 Å². The predicted molar refractivity (Wildman–Crippen MR) is 108 cm³/mol. The van der Waals surface area contributed by atoms with E-state index >= 15 is 0 Å². The van der Waals surface area contributed by atoms with Crippen molar-refractivity contribution in [3.8, 4) is 0 Å². The summed E-state index contributed by atoms with van der Waals surface area (Å²) in [5.74, 6) is -0.291. The summed E-state index contributed by atoms with van der Waals surface area (Å²) in [6.45, 7) is 20.4. The summed E-state index contributed by atoms with van der Waals surface area (Å²) in [5, 5.41) is 0. The number of allylic oxidation sites excluding steroid dienone is 1. The molecule has 2 amide bonds. The molecule has 1 rings (SSSR count). The van der Waals surface area contributed by atoms with Gasteiger partial charge in [0.25, 0.3) is 5.91 Å². The van der Waals surface area contributed by atoms with Crippen LogP contribution in [0.5, 0.6) is 0 Å². The van der Waals surface area contributed by atoms with Crippen LogP contribution in [0.25, 0.3) is 0 Å². The van der Waals surface area contributed by atoms with E-state index in [4.69, 9.17) is 9.16 Å². The van der Waals surface area contributed by atoms with Gasteiger partial charge in [0.2, 0.25) is 8.32 Å². The van der Waals surface area contributed by atoms with Crippen molar-refractivity contribution in [1.82, 2.24) is 4.90 Å². The van der Waals surface area contributed by atoms with Gasteiger partial charge in [0.15, 0.2) is 0 Å². The fraction of sp³-hybridized carbons (Fsp3) is 0.800. The van der Waals surface area contributed by atoms with Crippen LogP contribution in [0.1, 0.15) is 69.2 Å². The molecular weight excluding hydrogens is 346 g/mol. The molecular formula is C20H37NO4Si. The van der Waals surface area contributed by atoms with E-state index < -0.39 is 32.2 Å². The van der Waals surface area contributed by atoms with Crippen molar-refractivity contribution >= 4 is 20.3 Å². The number of β-lactam (4-membered cyclic amide) rings is 1. The molecule has 26 heavy (non-hydrogen) atoms. The van der Waals surface area contributed by atoms with Crippen LogP contribution in [0.3, 0.4) is 0 Å². The maximum atomic E-state index is 12.8. The Morgan fingerprint density at radius 1 is 1.08 bits per heavy atom. The van der Waals surface area contributed by atoms with Crippen molar-refractivity contribution in [3.63, 3.8) is 0 Å². The zero-order chi connectivity index (χ0) is 20.4. The number of hydrogen-bond donors (Lipinski definition) is 0. The molecule has 6 heteroatoms. The lowest BCUT2D eigenvalue weighted by Crippen LogP contribution is -2.70. The molecule has 0 bridgehead atoms. The second kappa shape index (κ2) is 8.25. The van der Waals surface area contributed by atoms with Gasteiger partial charge in [0.1, 0.15) is 11.7 Å². The number of rotatable bonds is 6. The monoisotopic (exact) mass is 383 g/mol. The molecule has 0 N–H and O–H groups in total. The van der Waals surface area contributed by atoms with Gasteiger partial charge >= 0.3 is 6.09 Å². The van der Waals surface area contributed by atoms with Crippen molar-refractivity contribution in [2.45, 2.75) is 104 Å². The smallest absolute Gasteiger partial charge is 0.417 e.